The number of anilines is 1. The Morgan fingerprint density at radius 2 is 1.72 bits per heavy atom. The van der Waals surface area contributed by atoms with Crippen molar-refractivity contribution in [3.05, 3.63) is 65.3 Å². The van der Waals surface area contributed by atoms with E-state index in [1.165, 1.54) is 10.6 Å². The first-order chi connectivity index (χ1) is 14.2. The summed E-state index contributed by atoms with van der Waals surface area (Å²) in [5, 5.41) is 4.49. The molecule has 1 fully saturated rings. The van der Waals surface area contributed by atoms with Crippen molar-refractivity contribution in [2.45, 2.75) is 13.3 Å². The van der Waals surface area contributed by atoms with Gasteiger partial charge in [-0.3, -0.25) is 0 Å². The van der Waals surface area contributed by atoms with E-state index < -0.39 is 0 Å². The summed E-state index contributed by atoms with van der Waals surface area (Å²) in [4.78, 5) is 4.24. The number of hydrogen-bond acceptors (Lipinski definition) is 6. The zero-order chi connectivity index (χ0) is 20.1. The molecule has 29 heavy (non-hydrogen) atoms. The molecule has 2 aromatic carbocycles. The van der Waals surface area contributed by atoms with E-state index in [4.69, 9.17) is 26.1 Å². The van der Waals surface area contributed by atoms with Gasteiger partial charge in [-0.15, -0.1) is 5.10 Å². The quantitative estimate of drug-likeness (QED) is 0.599. The molecule has 0 saturated carbocycles. The lowest BCUT2D eigenvalue weighted by molar-refractivity contribution is -0.924. The molecule has 0 aliphatic carbocycles. The maximum absolute atomic E-state index is 5.73. The second-order valence-electron chi connectivity index (χ2n) is 6.96. The van der Waals surface area contributed by atoms with Crippen molar-refractivity contribution in [2.75, 3.05) is 38.2 Å². The van der Waals surface area contributed by atoms with E-state index in [0.29, 0.717) is 17.4 Å². The van der Waals surface area contributed by atoms with Crippen molar-refractivity contribution in [1.29, 1.82) is 0 Å². The van der Waals surface area contributed by atoms with E-state index in [1.807, 2.05) is 30.3 Å². The predicted molar refractivity (Wildman–Crippen MR) is 112 cm³/mol. The summed E-state index contributed by atoms with van der Waals surface area (Å²) in [5.74, 6) is 1.99. The third kappa shape index (κ3) is 4.96. The first-order valence-electron chi connectivity index (χ1n) is 9.68. The van der Waals surface area contributed by atoms with Crippen LogP contribution in [0.5, 0.6) is 11.5 Å². The number of rotatable bonds is 7. The standard InChI is InChI=1S/C21H24N4O3S/c1-26-18-7-9-19(10-8-18)27-15-20-22-25(21(29)28-20)16-23-11-13-24(14-12-23)17-5-3-2-4-6-17/h2-10H,11-16H2,1H3/p+1. The maximum atomic E-state index is 5.73. The third-order valence-electron chi connectivity index (χ3n) is 5.04. The van der Waals surface area contributed by atoms with Crippen LogP contribution in [0.3, 0.4) is 0 Å². The van der Waals surface area contributed by atoms with Gasteiger partial charge in [0.05, 0.1) is 33.3 Å². The third-order valence-corrected chi connectivity index (χ3v) is 5.33. The highest BCUT2D eigenvalue weighted by Gasteiger charge is 2.21. The van der Waals surface area contributed by atoms with Gasteiger partial charge >= 0.3 is 0 Å². The van der Waals surface area contributed by atoms with Gasteiger partial charge in [-0.1, -0.05) is 18.2 Å². The Morgan fingerprint density at radius 3 is 2.41 bits per heavy atom. The van der Waals surface area contributed by atoms with Gasteiger partial charge in [0.1, 0.15) is 11.5 Å². The number of quaternary nitrogens is 1. The van der Waals surface area contributed by atoms with Crippen molar-refractivity contribution in [3.63, 3.8) is 0 Å². The molecule has 1 aliphatic heterocycles. The number of nitrogens with one attached hydrogen (secondary N) is 1. The molecule has 0 bridgehead atoms. The number of aromatic nitrogens is 2. The molecule has 8 heteroatoms. The molecule has 2 heterocycles. The van der Waals surface area contributed by atoms with Gasteiger partial charge in [-0.05, 0) is 48.6 Å². The van der Waals surface area contributed by atoms with Crippen LogP contribution in [-0.2, 0) is 13.3 Å². The van der Waals surface area contributed by atoms with Crippen molar-refractivity contribution in [1.82, 2.24) is 9.78 Å². The van der Waals surface area contributed by atoms with E-state index in [2.05, 4.69) is 34.3 Å². The predicted octanol–water partition coefficient (Wildman–Crippen LogP) is 2.16. The summed E-state index contributed by atoms with van der Waals surface area (Å²) in [6.45, 7) is 5.02. The minimum absolute atomic E-state index is 0.236. The second-order valence-corrected chi connectivity index (χ2v) is 7.31. The highest BCUT2D eigenvalue weighted by atomic mass is 32.1. The van der Waals surface area contributed by atoms with E-state index in [9.17, 15) is 0 Å². The van der Waals surface area contributed by atoms with E-state index in [0.717, 1.165) is 37.7 Å². The molecule has 1 aliphatic rings. The molecular formula is C21H25N4O3S+. The van der Waals surface area contributed by atoms with Crippen LogP contribution < -0.4 is 19.3 Å². The van der Waals surface area contributed by atoms with Crippen LogP contribution in [0.1, 0.15) is 5.89 Å². The summed E-state index contributed by atoms with van der Waals surface area (Å²) >= 11 is 5.34. The smallest absolute Gasteiger partial charge is 0.291 e. The number of methoxy groups -OCH3 is 1. The van der Waals surface area contributed by atoms with E-state index in [1.54, 1.807) is 11.8 Å². The Morgan fingerprint density at radius 1 is 1.03 bits per heavy atom. The molecular weight excluding hydrogens is 388 g/mol. The minimum atomic E-state index is 0.236. The monoisotopic (exact) mass is 413 g/mol. The molecule has 1 N–H and O–H groups in total. The molecule has 4 rings (SSSR count). The molecule has 3 aromatic rings. The molecule has 0 atom stereocenters. The highest BCUT2D eigenvalue weighted by Crippen LogP contribution is 2.18. The number of piperazine rings is 1. The number of para-hydroxylation sites is 1. The maximum Gasteiger partial charge on any atom is 0.291 e. The number of ether oxygens (including phenoxy) is 2. The average molecular weight is 414 g/mol. The minimum Gasteiger partial charge on any atom is -0.497 e. The Balaban J connectivity index is 1.30. The Kier molecular flexibility index (Phi) is 6.12. The van der Waals surface area contributed by atoms with Crippen LogP contribution in [0.25, 0.3) is 0 Å². The first-order valence-corrected chi connectivity index (χ1v) is 10.1. The first kappa shape index (κ1) is 19.5. The number of nitrogens with zero attached hydrogens (tertiary/aromatic N) is 3. The summed E-state index contributed by atoms with van der Waals surface area (Å²) in [5.41, 5.74) is 1.28. The molecule has 0 unspecified atom stereocenters. The normalized spacial score (nSPS) is 14.7. The zero-order valence-electron chi connectivity index (χ0n) is 16.4. The molecule has 0 amide bonds. The Hall–Kier alpha value is -2.84. The summed E-state index contributed by atoms with van der Waals surface area (Å²) in [6.07, 6.45) is 0. The fourth-order valence-corrected chi connectivity index (χ4v) is 3.62. The van der Waals surface area contributed by atoms with Crippen LogP contribution in [-0.4, -0.2) is 43.1 Å². The topological polar surface area (TPSA) is 57.1 Å². The Labute approximate surface area is 175 Å². The van der Waals surface area contributed by atoms with Gasteiger partial charge in [0, 0.05) is 5.69 Å². The Bertz CT molecular complexity index is 964. The summed E-state index contributed by atoms with van der Waals surface area (Å²) in [6, 6.07) is 17.9. The molecule has 0 spiro atoms. The highest BCUT2D eigenvalue weighted by molar-refractivity contribution is 7.71. The van der Waals surface area contributed by atoms with Gasteiger partial charge in [0.25, 0.3) is 10.7 Å². The summed E-state index contributed by atoms with van der Waals surface area (Å²) < 4.78 is 18.2. The lowest BCUT2D eigenvalue weighted by Crippen LogP contribution is -3.14. The van der Waals surface area contributed by atoms with Crippen molar-refractivity contribution >= 4 is 17.9 Å². The van der Waals surface area contributed by atoms with Crippen molar-refractivity contribution < 1.29 is 18.8 Å². The van der Waals surface area contributed by atoms with E-state index in [-0.39, 0.29) is 6.61 Å². The number of benzene rings is 2. The largest absolute Gasteiger partial charge is 0.497 e. The molecule has 152 valence electrons. The van der Waals surface area contributed by atoms with Crippen LogP contribution in [0.4, 0.5) is 5.69 Å². The molecule has 7 nitrogen and oxygen atoms in total. The van der Waals surface area contributed by atoms with Crippen molar-refractivity contribution in [2.24, 2.45) is 0 Å². The van der Waals surface area contributed by atoms with Crippen LogP contribution in [0.2, 0.25) is 0 Å². The number of hydrogen-bond donors (Lipinski definition) is 1. The van der Waals surface area contributed by atoms with Crippen molar-refractivity contribution in [3.8, 4) is 11.5 Å². The zero-order valence-corrected chi connectivity index (χ0v) is 17.2. The lowest BCUT2D eigenvalue weighted by atomic mass is 10.2. The molecule has 1 saturated heterocycles. The fourth-order valence-electron chi connectivity index (χ4n) is 3.41. The van der Waals surface area contributed by atoms with Crippen LogP contribution in [0, 0.1) is 4.84 Å². The van der Waals surface area contributed by atoms with Gasteiger partial charge in [-0.2, -0.15) is 4.68 Å². The summed E-state index contributed by atoms with van der Waals surface area (Å²) in [7, 11) is 1.63. The average Bonchev–Trinajstić information content (AvgIpc) is 3.13. The van der Waals surface area contributed by atoms with E-state index >= 15 is 0 Å². The van der Waals surface area contributed by atoms with Gasteiger partial charge in [0.2, 0.25) is 0 Å². The van der Waals surface area contributed by atoms with Gasteiger partial charge < -0.3 is 23.7 Å². The second kappa shape index (κ2) is 9.11. The lowest BCUT2D eigenvalue weighted by Gasteiger charge is -2.33. The molecule has 1 aromatic heterocycles. The van der Waals surface area contributed by atoms with Crippen LogP contribution >= 0.6 is 12.2 Å². The molecule has 0 radical (unpaired) electrons. The van der Waals surface area contributed by atoms with Crippen LogP contribution in [0.15, 0.2) is 59.0 Å². The SMILES string of the molecule is COc1ccc(OCc2nn(C[NH+]3CCN(c4ccccc4)CC3)c(=S)o2)cc1. The van der Waals surface area contributed by atoms with Gasteiger partial charge in [0.15, 0.2) is 13.3 Å². The van der Waals surface area contributed by atoms with Gasteiger partial charge in [-0.25, -0.2) is 0 Å². The fraction of sp³-hybridized carbons (Fsp3) is 0.333.